The highest BCUT2D eigenvalue weighted by Gasteiger charge is 2.22. The zero-order valence-corrected chi connectivity index (χ0v) is 24.0. The van der Waals surface area contributed by atoms with Crippen molar-refractivity contribution in [1.29, 1.82) is 0 Å². The Balaban J connectivity index is 2.06. The number of nitrogens with one attached hydrogen (secondary N) is 2. The van der Waals surface area contributed by atoms with Gasteiger partial charge < -0.3 is 10.1 Å². The van der Waals surface area contributed by atoms with Gasteiger partial charge >= 0.3 is 5.91 Å². The minimum atomic E-state index is -3.62. The van der Waals surface area contributed by atoms with Crippen LogP contribution in [0.3, 0.4) is 0 Å². The highest BCUT2D eigenvalue weighted by molar-refractivity contribution is 7.92. The summed E-state index contributed by atoms with van der Waals surface area (Å²) in [4.78, 5) is 38.8. The van der Waals surface area contributed by atoms with Crippen LogP contribution in [0.4, 0.5) is 5.69 Å². The van der Waals surface area contributed by atoms with Crippen LogP contribution >= 0.6 is 11.3 Å². The highest BCUT2D eigenvalue weighted by Crippen LogP contribution is 2.41. The number of hydrogen-bond donors (Lipinski definition) is 2. The Bertz CT molecular complexity index is 1840. The van der Waals surface area contributed by atoms with Crippen molar-refractivity contribution in [3.63, 3.8) is 0 Å². The summed E-state index contributed by atoms with van der Waals surface area (Å²) < 4.78 is 34.6. The van der Waals surface area contributed by atoms with Crippen molar-refractivity contribution in [2.75, 3.05) is 17.0 Å². The van der Waals surface area contributed by atoms with E-state index in [4.69, 9.17) is 11.2 Å². The molecule has 0 saturated heterocycles. The number of aromatic nitrogens is 1. The smallest absolute Gasteiger partial charge is 0.309 e. The Kier molecular flexibility index (Phi) is 8.13. The molecule has 0 spiro atoms. The summed E-state index contributed by atoms with van der Waals surface area (Å²) in [6, 6.07) is 12.0. The number of ether oxygens (including phenoxy) is 1. The third-order valence-electron chi connectivity index (χ3n) is 6.14. The fourth-order valence-electron chi connectivity index (χ4n) is 4.13. The molecule has 0 bridgehead atoms. The fourth-order valence-corrected chi connectivity index (χ4v) is 5.78. The lowest BCUT2D eigenvalue weighted by atomic mass is 10.0. The van der Waals surface area contributed by atoms with Gasteiger partial charge in [-0.2, -0.15) is 0 Å². The standard InChI is InChI=1S/C29H27N3O6S2/c1-6-25(33)32-16-22(21-15-24(28(34)30-7-2)39-27(21)29(32)35)20-14-19(31-40(36,37)8-3)12-13-23(20)38-26-17(4)10-9-11-18(26)5/h1,9-16,31H,7-8H2,2-5H3,(H,30,34). The second-order valence-corrected chi connectivity index (χ2v) is 12.0. The lowest BCUT2D eigenvalue weighted by Gasteiger charge is -2.18. The van der Waals surface area contributed by atoms with Crippen LogP contribution in [0.2, 0.25) is 0 Å². The Morgan fingerprint density at radius 2 is 1.77 bits per heavy atom. The number of nitrogens with zero attached hydrogens (tertiary/aromatic N) is 1. The zero-order valence-electron chi connectivity index (χ0n) is 22.3. The summed E-state index contributed by atoms with van der Waals surface area (Å²) in [6.45, 7) is 7.46. The summed E-state index contributed by atoms with van der Waals surface area (Å²) in [7, 11) is -3.62. The van der Waals surface area contributed by atoms with E-state index in [0.29, 0.717) is 34.6 Å². The molecule has 0 aliphatic rings. The van der Waals surface area contributed by atoms with Crippen LogP contribution in [0.5, 0.6) is 11.5 Å². The number of para-hydroxylation sites is 1. The van der Waals surface area contributed by atoms with E-state index in [-0.39, 0.29) is 26.9 Å². The van der Waals surface area contributed by atoms with E-state index in [9.17, 15) is 22.8 Å². The molecule has 0 aliphatic heterocycles. The molecule has 0 fully saturated rings. The average Bonchev–Trinajstić information content (AvgIpc) is 3.38. The second kappa shape index (κ2) is 11.4. The molecule has 2 aromatic heterocycles. The summed E-state index contributed by atoms with van der Waals surface area (Å²) >= 11 is 0.937. The van der Waals surface area contributed by atoms with Gasteiger partial charge in [-0.3, -0.25) is 19.1 Å². The Morgan fingerprint density at radius 1 is 1.07 bits per heavy atom. The van der Waals surface area contributed by atoms with Gasteiger partial charge in [0.25, 0.3) is 11.5 Å². The molecular weight excluding hydrogens is 550 g/mol. The van der Waals surface area contributed by atoms with E-state index in [0.717, 1.165) is 27.0 Å². The summed E-state index contributed by atoms with van der Waals surface area (Å²) in [5, 5.41) is 3.10. The normalized spacial score (nSPS) is 11.2. The number of carbonyl (C=O) groups excluding carboxylic acids is 2. The molecule has 0 saturated carbocycles. The molecule has 9 nitrogen and oxygen atoms in total. The number of sulfonamides is 1. The third-order valence-corrected chi connectivity index (χ3v) is 8.57. The summed E-state index contributed by atoms with van der Waals surface area (Å²) in [6.07, 6.45) is 6.65. The quantitative estimate of drug-likeness (QED) is 0.287. The van der Waals surface area contributed by atoms with Crippen molar-refractivity contribution in [2.24, 2.45) is 0 Å². The van der Waals surface area contributed by atoms with Crippen LogP contribution in [0.25, 0.3) is 21.2 Å². The second-order valence-electron chi connectivity index (χ2n) is 8.92. The average molecular weight is 578 g/mol. The van der Waals surface area contributed by atoms with Crippen molar-refractivity contribution >= 4 is 48.9 Å². The van der Waals surface area contributed by atoms with Gasteiger partial charge in [-0.05, 0) is 69.0 Å². The number of terminal acetylenes is 1. The fraction of sp³-hybridized carbons (Fsp3) is 0.207. The molecule has 2 heterocycles. The largest absolute Gasteiger partial charge is 0.456 e. The lowest BCUT2D eigenvalue weighted by Crippen LogP contribution is -2.25. The Morgan fingerprint density at radius 3 is 2.40 bits per heavy atom. The minimum absolute atomic E-state index is 0.139. The Hall–Kier alpha value is -4.40. The predicted molar refractivity (Wildman–Crippen MR) is 158 cm³/mol. The van der Waals surface area contributed by atoms with Crippen molar-refractivity contribution in [1.82, 2.24) is 9.88 Å². The number of benzene rings is 2. The first kappa shape index (κ1) is 28.6. The summed E-state index contributed by atoms with van der Waals surface area (Å²) in [5.41, 5.74) is 2.05. The number of anilines is 1. The van der Waals surface area contributed by atoms with Gasteiger partial charge in [0, 0.05) is 34.9 Å². The van der Waals surface area contributed by atoms with Gasteiger partial charge in [0.15, 0.2) is 0 Å². The number of pyridine rings is 1. The van der Waals surface area contributed by atoms with E-state index < -0.39 is 21.5 Å². The van der Waals surface area contributed by atoms with Crippen molar-refractivity contribution in [2.45, 2.75) is 27.7 Å². The molecule has 0 unspecified atom stereocenters. The SMILES string of the molecule is C#CC(=O)n1cc(-c2cc(NS(=O)(=O)CC)ccc2Oc2c(C)cccc2C)c2cc(C(=O)NCC)sc2c1=O. The van der Waals surface area contributed by atoms with Crippen LogP contribution in [-0.2, 0) is 10.0 Å². The number of carbonyl (C=O) groups is 2. The molecular formula is C29H27N3O6S2. The van der Waals surface area contributed by atoms with Crippen molar-refractivity contribution < 1.29 is 22.7 Å². The molecule has 40 heavy (non-hydrogen) atoms. The van der Waals surface area contributed by atoms with Gasteiger partial charge in [-0.25, -0.2) is 13.0 Å². The molecule has 11 heteroatoms. The van der Waals surface area contributed by atoms with E-state index in [1.54, 1.807) is 31.2 Å². The molecule has 0 aliphatic carbocycles. The van der Waals surface area contributed by atoms with Crippen molar-refractivity contribution in [3.8, 4) is 35.0 Å². The van der Waals surface area contributed by atoms with Crippen LogP contribution in [0, 0.1) is 26.2 Å². The molecule has 2 N–H and O–H groups in total. The van der Waals surface area contributed by atoms with E-state index in [1.165, 1.54) is 13.1 Å². The van der Waals surface area contributed by atoms with Crippen LogP contribution < -0.4 is 20.3 Å². The molecule has 4 aromatic rings. The maximum Gasteiger partial charge on any atom is 0.309 e. The first-order valence-corrected chi connectivity index (χ1v) is 14.8. The summed E-state index contributed by atoms with van der Waals surface area (Å²) in [5.74, 6) is 1.49. The Labute approximate surface area is 235 Å². The number of fused-ring (bicyclic) bond motifs is 1. The maximum absolute atomic E-state index is 13.3. The number of hydrogen-bond acceptors (Lipinski definition) is 7. The number of thiophene rings is 1. The third kappa shape index (κ3) is 5.64. The van der Waals surface area contributed by atoms with Gasteiger partial charge in [0.05, 0.1) is 10.6 Å². The topological polar surface area (TPSA) is 124 Å². The van der Waals surface area contributed by atoms with Gasteiger partial charge in [0.1, 0.15) is 16.2 Å². The maximum atomic E-state index is 13.3. The monoisotopic (exact) mass is 577 g/mol. The molecule has 2 aromatic carbocycles. The first-order valence-electron chi connectivity index (χ1n) is 12.4. The van der Waals surface area contributed by atoms with Crippen LogP contribution in [-0.4, -0.2) is 37.1 Å². The van der Waals surface area contributed by atoms with Gasteiger partial charge in [0.2, 0.25) is 10.0 Å². The predicted octanol–water partition coefficient (Wildman–Crippen LogP) is 4.92. The molecule has 206 valence electrons. The zero-order chi connectivity index (χ0) is 29.2. The highest BCUT2D eigenvalue weighted by atomic mass is 32.2. The van der Waals surface area contributed by atoms with Gasteiger partial charge in [-0.1, -0.05) is 18.2 Å². The van der Waals surface area contributed by atoms with E-state index >= 15 is 0 Å². The van der Waals surface area contributed by atoms with Gasteiger partial charge in [-0.15, -0.1) is 17.8 Å². The lowest BCUT2D eigenvalue weighted by molar-refractivity contribution is 0.0956. The minimum Gasteiger partial charge on any atom is -0.456 e. The molecule has 4 rings (SSSR count). The molecule has 0 atom stereocenters. The number of amides is 1. The van der Waals surface area contributed by atoms with E-state index in [1.807, 2.05) is 38.0 Å². The van der Waals surface area contributed by atoms with Crippen LogP contribution in [0.15, 0.2) is 53.5 Å². The first-order chi connectivity index (χ1) is 19.0. The van der Waals surface area contributed by atoms with Crippen LogP contribution in [0.1, 0.15) is 39.4 Å². The number of aryl methyl sites for hydroxylation is 2. The number of rotatable bonds is 8. The molecule has 1 amide bonds. The van der Waals surface area contributed by atoms with E-state index in [2.05, 4.69) is 10.0 Å². The van der Waals surface area contributed by atoms with Crippen molar-refractivity contribution in [3.05, 3.63) is 75.0 Å². The molecule has 0 radical (unpaired) electrons.